The number of aryl methyl sites for hydroxylation is 1. The standard InChI is InChI=1S/C15H16N2O/c1-11-8-12(6-7-17-11)9-14(10-16)15(18)13-4-2-3-5-13/h6-9,13H,2-5H2,1H3. The summed E-state index contributed by atoms with van der Waals surface area (Å²) in [5.41, 5.74) is 2.02. The van der Waals surface area contributed by atoms with Crippen molar-refractivity contribution in [3.63, 3.8) is 0 Å². The maximum atomic E-state index is 12.2. The van der Waals surface area contributed by atoms with Crippen molar-refractivity contribution in [1.82, 2.24) is 4.98 Å². The Kier molecular flexibility index (Phi) is 3.88. The van der Waals surface area contributed by atoms with Crippen molar-refractivity contribution >= 4 is 11.9 Å². The zero-order valence-electron chi connectivity index (χ0n) is 10.5. The van der Waals surface area contributed by atoms with Gasteiger partial charge in [-0.2, -0.15) is 5.26 Å². The number of carbonyl (C=O) groups is 1. The summed E-state index contributed by atoms with van der Waals surface area (Å²) in [7, 11) is 0. The molecule has 0 spiro atoms. The molecular weight excluding hydrogens is 224 g/mol. The number of nitriles is 1. The molecule has 0 aromatic carbocycles. The van der Waals surface area contributed by atoms with Crippen LogP contribution in [0.15, 0.2) is 23.9 Å². The number of hydrogen-bond acceptors (Lipinski definition) is 3. The third-order valence-corrected chi connectivity index (χ3v) is 3.34. The highest BCUT2D eigenvalue weighted by atomic mass is 16.1. The van der Waals surface area contributed by atoms with Crippen molar-refractivity contribution in [2.45, 2.75) is 32.6 Å². The van der Waals surface area contributed by atoms with E-state index in [4.69, 9.17) is 5.26 Å². The Hall–Kier alpha value is -1.95. The lowest BCUT2D eigenvalue weighted by molar-refractivity contribution is -0.118. The molecule has 18 heavy (non-hydrogen) atoms. The zero-order chi connectivity index (χ0) is 13.0. The molecule has 1 fully saturated rings. The van der Waals surface area contributed by atoms with E-state index in [1.54, 1.807) is 12.3 Å². The van der Waals surface area contributed by atoms with Gasteiger partial charge in [0.05, 0.1) is 5.57 Å². The van der Waals surface area contributed by atoms with Gasteiger partial charge in [0.1, 0.15) is 6.07 Å². The molecular formula is C15H16N2O. The summed E-state index contributed by atoms with van der Waals surface area (Å²) >= 11 is 0. The van der Waals surface area contributed by atoms with Crippen LogP contribution >= 0.6 is 0 Å². The highest BCUT2D eigenvalue weighted by molar-refractivity contribution is 6.04. The second kappa shape index (κ2) is 5.59. The second-order valence-electron chi connectivity index (χ2n) is 4.75. The minimum atomic E-state index is 0.00413. The quantitative estimate of drug-likeness (QED) is 0.602. The first kappa shape index (κ1) is 12.5. The summed E-state index contributed by atoms with van der Waals surface area (Å²) in [5.74, 6) is 0.0586. The molecule has 1 aliphatic carbocycles. The van der Waals surface area contributed by atoms with Crippen LogP contribution in [0.25, 0.3) is 6.08 Å². The molecule has 0 saturated heterocycles. The third kappa shape index (κ3) is 2.84. The molecule has 0 atom stereocenters. The number of rotatable bonds is 3. The van der Waals surface area contributed by atoms with Crippen molar-refractivity contribution in [2.24, 2.45) is 5.92 Å². The van der Waals surface area contributed by atoms with Crippen LogP contribution in [0.1, 0.15) is 36.9 Å². The van der Waals surface area contributed by atoms with Crippen LogP contribution in [0.2, 0.25) is 0 Å². The first-order valence-corrected chi connectivity index (χ1v) is 6.29. The molecule has 0 N–H and O–H groups in total. The number of aromatic nitrogens is 1. The zero-order valence-corrected chi connectivity index (χ0v) is 10.5. The average Bonchev–Trinajstić information content (AvgIpc) is 2.89. The van der Waals surface area contributed by atoms with Crippen LogP contribution in [0.4, 0.5) is 0 Å². The lowest BCUT2D eigenvalue weighted by Gasteiger charge is -2.06. The van der Waals surface area contributed by atoms with Gasteiger partial charge < -0.3 is 0 Å². The Morgan fingerprint density at radius 3 is 2.83 bits per heavy atom. The van der Waals surface area contributed by atoms with E-state index in [1.807, 2.05) is 25.1 Å². The number of pyridine rings is 1. The lowest BCUT2D eigenvalue weighted by Crippen LogP contribution is -2.12. The summed E-state index contributed by atoms with van der Waals surface area (Å²) < 4.78 is 0. The van der Waals surface area contributed by atoms with Gasteiger partial charge in [-0.05, 0) is 43.5 Å². The van der Waals surface area contributed by atoms with Gasteiger partial charge in [0.15, 0.2) is 5.78 Å². The van der Waals surface area contributed by atoms with E-state index in [0.29, 0.717) is 0 Å². The molecule has 3 heteroatoms. The van der Waals surface area contributed by atoms with Crippen LogP contribution in [-0.4, -0.2) is 10.8 Å². The fourth-order valence-corrected chi connectivity index (χ4v) is 2.39. The topological polar surface area (TPSA) is 53.8 Å². The molecule has 0 bridgehead atoms. The average molecular weight is 240 g/mol. The van der Waals surface area contributed by atoms with Crippen LogP contribution < -0.4 is 0 Å². The molecule has 92 valence electrons. The molecule has 2 rings (SSSR count). The van der Waals surface area contributed by atoms with Crippen LogP contribution in [0.5, 0.6) is 0 Å². The fourth-order valence-electron chi connectivity index (χ4n) is 2.39. The Bertz CT molecular complexity index is 520. The Labute approximate surface area is 107 Å². The molecule has 0 amide bonds. The van der Waals surface area contributed by atoms with Crippen LogP contribution in [0, 0.1) is 24.2 Å². The van der Waals surface area contributed by atoms with Gasteiger partial charge in [-0.1, -0.05) is 12.8 Å². The highest BCUT2D eigenvalue weighted by Crippen LogP contribution is 2.28. The highest BCUT2D eigenvalue weighted by Gasteiger charge is 2.25. The van der Waals surface area contributed by atoms with Gasteiger partial charge >= 0.3 is 0 Å². The summed E-state index contributed by atoms with van der Waals surface area (Å²) in [6, 6.07) is 5.72. The first-order chi connectivity index (χ1) is 8.70. The first-order valence-electron chi connectivity index (χ1n) is 6.29. The van der Waals surface area contributed by atoms with E-state index in [1.165, 1.54) is 0 Å². The van der Waals surface area contributed by atoms with E-state index >= 15 is 0 Å². The summed E-state index contributed by atoms with van der Waals surface area (Å²) in [6.45, 7) is 1.89. The van der Waals surface area contributed by atoms with Gasteiger partial charge in [0.2, 0.25) is 0 Å². The second-order valence-corrected chi connectivity index (χ2v) is 4.75. The van der Waals surface area contributed by atoms with Crippen molar-refractivity contribution in [3.05, 3.63) is 35.2 Å². The van der Waals surface area contributed by atoms with E-state index in [0.717, 1.165) is 36.9 Å². The monoisotopic (exact) mass is 240 g/mol. The van der Waals surface area contributed by atoms with E-state index in [2.05, 4.69) is 4.98 Å². The number of carbonyl (C=O) groups excluding carboxylic acids is 1. The predicted octanol–water partition coefficient (Wildman–Crippen LogP) is 3.06. The van der Waals surface area contributed by atoms with Crippen LogP contribution in [-0.2, 0) is 4.79 Å². The molecule has 1 aromatic heterocycles. The largest absolute Gasteiger partial charge is 0.293 e. The maximum absolute atomic E-state index is 12.2. The van der Waals surface area contributed by atoms with E-state index in [-0.39, 0.29) is 17.3 Å². The van der Waals surface area contributed by atoms with Gasteiger partial charge in [-0.15, -0.1) is 0 Å². The number of ketones is 1. The molecule has 0 aliphatic heterocycles. The third-order valence-electron chi connectivity index (χ3n) is 3.34. The van der Waals surface area contributed by atoms with Crippen LogP contribution in [0.3, 0.4) is 0 Å². The van der Waals surface area contributed by atoms with Crippen molar-refractivity contribution in [3.8, 4) is 6.07 Å². The molecule has 1 aromatic rings. The normalized spacial score (nSPS) is 16.6. The lowest BCUT2D eigenvalue weighted by atomic mass is 9.95. The number of allylic oxidation sites excluding steroid dienone is 1. The number of Topliss-reactive ketones (excluding diaryl/α,β-unsaturated/α-hetero) is 1. The Morgan fingerprint density at radius 1 is 1.50 bits per heavy atom. The molecule has 1 aliphatic rings. The molecule has 3 nitrogen and oxygen atoms in total. The summed E-state index contributed by atoms with van der Waals surface area (Å²) in [6.07, 6.45) is 7.42. The SMILES string of the molecule is Cc1cc(C=C(C#N)C(=O)C2CCCC2)ccn1. The predicted molar refractivity (Wildman–Crippen MR) is 69.5 cm³/mol. The minimum absolute atomic E-state index is 0.00413. The number of nitrogens with zero attached hydrogens (tertiary/aromatic N) is 2. The fraction of sp³-hybridized carbons (Fsp3) is 0.400. The van der Waals surface area contributed by atoms with Crippen molar-refractivity contribution < 1.29 is 4.79 Å². The minimum Gasteiger partial charge on any atom is -0.293 e. The van der Waals surface area contributed by atoms with Crippen molar-refractivity contribution in [1.29, 1.82) is 5.26 Å². The van der Waals surface area contributed by atoms with Gasteiger partial charge in [-0.3, -0.25) is 9.78 Å². The van der Waals surface area contributed by atoms with Gasteiger partial charge in [0.25, 0.3) is 0 Å². The number of hydrogen-bond donors (Lipinski definition) is 0. The van der Waals surface area contributed by atoms with Crippen molar-refractivity contribution in [2.75, 3.05) is 0 Å². The summed E-state index contributed by atoms with van der Waals surface area (Å²) in [4.78, 5) is 16.3. The smallest absolute Gasteiger partial charge is 0.176 e. The molecule has 0 radical (unpaired) electrons. The summed E-state index contributed by atoms with van der Waals surface area (Å²) in [5, 5.41) is 9.13. The van der Waals surface area contributed by atoms with Gasteiger partial charge in [-0.25, -0.2) is 0 Å². The van der Waals surface area contributed by atoms with Gasteiger partial charge in [0, 0.05) is 17.8 Å². The van der Waals surface area contributed by atoms with E-state index in [9.17, 15) is 4.79 Å². The molecule has 1 heterocycles. The Balaban J connectivity index is 2.23. The molecule has 0 unspecified atom stereocenters. The van der Waals surface area contributed by atoms with E-state index < -0.39 is 0 Å². The molecule has 1 saturated carbocycles. The Morgan fingerprint density at radius 2 is 2.22 bits per heavy atom. The maximum Gasteiger partial charge on any atom is 0.176 e.